The molecule has 0 radical (unpaired) electrons. The molecule has 2 aliphatic carbocycles. The predicted octanol–water partition coefficient (Wildman–Crippen LogP) is 1.37. The van der Waals surface area contributed by atoms with Crippen molar-refractivity contribution in [3.63, 3.8) is 0 Å². The molecule has 26 heavy (non-hydrogen) atoms. The quantitative estimate of drug-likeness (QED) is 0.460. The number of likely N-dealkylation sites (tertiary alicyclic amines) is 1. The first-order valence-electron chi connectivity index (χ1n) is 10.0. The van der Waals surface area contributed by atoms with E-state index < -0.39 is 0 Å². The van der Waals surface area contributed by atoms with E-state index in [4.69, 9.17) is 0 Å². The van der Waals surface area contributed by atoms with Crippen LogP contribution in [-0.2, 0) is 14.4 Å². The van der Waals surface area contributed by atoms with Crippen LogP contribution in [0.2, 0.25) is 0 Å². The van der Waals surface area contributed by atoms with Gasteiger partial charge in [-0.15, -0.1) is 0 Å². The summed E-state index contributed by atoms with van der Waals surface area (Å²) in [5.41, 5.74) is 0. The van der Waals surface area contributed by atoms with Crippen molar-refractivity contribution in [3.8, 4) is 0 Å². The molecule has 3 rings (SSSR count). The van der Waals surface area contributed by atoms with Crippen LogP contribution in [0, 0.1) is 23.7 Å². The number of amides is 3. The van der Waals surface area contributed by atoms with Crippen LogP contribution in [-0.4, -0.2) is 71.7 Å². The summed E-state index contributed by atoms with van der Waals surface area (Å²) in [4.78, 5) is 43.4. The topological polar surface area (TPSA) is 60.9 Å². The number of imide groups is 1. The van der Waals surface area contributed by atoms with Crippen LogP contribution < -0.4 is 0 Å². The molecule has 2 fully saturated rings. The molecule has 0 aromatic carbocycles. The van der Waals surface area contributed by atoms with Gasteiger partial charge in [-0.05, 0) is 51.2 Å². The van der Waals surface area contributed by atoms with E-state index in [1.807, 2.05) is 6.92 Å². The molecule has 0 aromatic rings. The number of fused-ring (bicyclic) bond motifs is 5. The highest BCUT2D eigenvalue weighted by atomic mass is 16.2. The lowest BCUT2D eigenvalue weighted by Crippen LogP contribution is -2.44. The summed E-state index contributed by atoms with van der Waals surface area (Å²) in [5.74, 6) is -0.440. The molecule has 2 bridgehead atoms. The van der Waals surface area contributed by atoms with Crippen molar-refractivity contribution in [1.82, 2.24) is 14.7 Å². The van der Waals surface area contributed by atoms with Crippen LogP contribution in [0.4, 0.5) is 0 Å². The Balaban J connectivity index is 1.55. The van der Waals surface area contributed by atoms with E-state index in [-0.39, 0.29) is 47.9 Å². The third-order valence-corrected chi connectivity index (χ3v) is 6.39. The van der Waals surface area contributed by atoms with Crippen molar-refractivity contribution in [2.24, 2.45) is 23.7 Å². The molecule has 3 aliphatic rings. The van der Waals surface area contributed by atoms with E-state index in [1.165, 1.54) is 4.90 Å². The number of rotatable bonds is 9. The predicted molar refractivity (Wildman–Crippen MR) is 99.1 cm³/mol. The average molecular weight is 361 g/mol. The number of hydrogen-bond donors (Lipinski definition) is 0. The van der Waals surface area contributed by atoms with Gasteiger partial charge in [-0.3, -0.25) is 19.3 Å². The van der Waals surface area contributed by atoms with Gasteiger partial charge in [0.15, 0.2) is 0 Å². The van der Waals surface area contributed by atoms with Crippen molar-refractivity contribution < 1.29 is 14.4 Å². The zero-order valence-electron chi connectivity index (χ0n) is 16.2. The van der Waals surface area contributed by atoms with Crippen molar-refractivity contribution in [1.29, 1.82) is 0 Å². The zero-order valence-corrected chi connectivity index (χ0v) is 16.2. The Morgan fingerprint density at radius 2 is 1.58 bits per heavy atom. The van der Waals surface area contributed by atoms with E-state index in [0.717, 1.165) is 32.5 Å². The second-order valence-corrected chi connectivity index (χ2v) is 7.62. The first kappa shape index (κ1) is 19.1. The van der Waals surface area contributed by atoms with Gasteiger partial charge >= 0.3 is 0 Å². The molecular formula is C20H31N3O3. The number of nitrogens with zero attached hydrogens (tertiary/aromatic N) is 3. The summed E-state index contributed by atoms with van der Waals surface area (Å²) in [6.45, 7) is 10.4. The first-order valence-corrected chi connectivity index (χ1v) is 10.0. The highest BCUT2D eigenvalue weighted by Gasteiger charge is 2.59. The van der Waals surface area contributed by atoms with Gasteiger partial charge in [0, 0.05) is 13.1 Å². The van der Waals surface area contributed by atoms with Gasteiger partial charge in [0.1, 0.15) is 6.54 Å². The Hall–Kier alpha value is -1.69. The zero-order chi connectivity index (χ0) is 18.8. The highest BCUT2D eigenvalue weighted by Crippen LogP contribution is 2.52. The van der Waals surface area contributed by atoms with Crippen LogP contribution in [0.25, 0.3) is 0 Å². The van der Waals surface area contributed by atoms with E-state index in [1.54, 1.807) is 4.90 Å². The van der Waals surface area contributed by atoms with Crippen molar-refractivity contribution >= 4 is 17.7 Å². The molecule has 0 spiro atoms. The minimum Gasteiger partial charge on any atom is -0.341 e. The van der Waals surface area contributed by atoms with Gasteiger partial charge in [0.25, 0.3) is 0 Å². The van der Waals surface area contributed by atoms with Crippen molar-refractivity contribution in [2.75, 3.05) is 39.3 Å². The molecule has 1 saturated heterocycles. The summed E-state index contributed by atoms with van der Waals surface area (Å²) in [6.07, 6.45) is 5.98. The van der Waals surface area contributed by atoms with Crippen LogP contribution in [0.1, 0.15) is 33.6 Å². The van der Waals surface area contributed by atoms with E-state index in [9.17, 15) is 14.4 Å². The maximum absolute atomic E-state index is 12.7. The summed E-state index contributed by atoms with van der Waals surface area (Å²) in [6, 6.07) is 0. The van der Waals surface area contributed by atoms with Gasteiger partial charge in [0.05, 0.1) is 11.8 Å². The molecule has 1 saturated carbocycles. The number of carbonyl (C=O) groups excluding carboxylic acids is 3. The fraction of sp³-hybridized carbons (Fsp3) is 0.750. The fourth-order valence-corrected chi connectivity index (χ4v) is 4.84. The number of carbonyl (C=O) groups is 3. The monoisotopic (exact) mass is 361 g/mol. The number of likely N-dealkylation sites (N-methyl/N-ethyl adjacent to an activating group) is 1. The SMILES string of the molecule is CCN(CC)CCCN(CC)C(=O)CN1C(=O)C2C3C=CC(C3)C2C1=O. The lowest BCUT2D eigenvalue weighted by atomic mass is 9.85. The Morgan fingerprint density at radius 3 is 2.08 bits per heavy atom. The molecule has 144 valence electrons. The minimum absolute atomic E-state index is 0.0940. The van der Waals surface area contributed by atoms with Crippen LogP contribution in [0.3, 0.4) is 0 Å². The highest BCUT2D eigenvalue weighted by molar-refractivity contribution is 6.08. The fourth-order valence-electron chi connectivity index (χ4n) is 4.84. The maximum atomic E-state index is 12.7. The van der Waals surface area contributed by atoms with Crippen molar-refractivity contribution in [3.05, 3.63) is 12.2 Å². The third kappa shape index (κ3) is 3.31. The van der Waals surface area contributed by atoms with E-state index in [0.29, 0.717) is 13.1 Å². The smallest absolute Gasteiger partial charge is 0.242 e. The Kier molecular flexibility index (Phi) is 5.80. The van der Waals surface area contributed by atoms with Gasteiger partial charge in [0.2, 0.25) is 17.7 Å². The second kappa shape index (κ2) is 7.91. The molecule has 3 amide bonds. The standard InChI is InChI=1S/C20H31N3O3/c1-4-21(5-2)10-7-11-22(6-3)16(24)13-23-19(25)17-14-8-9-15(12-14)18(17)20(23)26/h8-9,14-15,17-18H,4-7,10-13H2,1-3H3. The lowest BCUT2D eigenvalue weighted by molar-refractivity contribution is -0.147. The number of hydrogen-bond acceptors (Lipinski definition) is 4. The molecule has 6 nitrogen and oxygen atoms in total. The van der Waals surface area contributed by atoms with E-state index >= 15 is 0 Å². The summed E-state index contributed by atoms with van der Waals surface area (Å²) >= 11 is 0. The van der Waals surface area contributed by atoms with Gasteiger partial charge in [-0.2, -0.15) is 0 Å². The molecule has 4 unspecified atom stereocenters. The van der Waals surface area contributed by atoms with Crippen LogP contribution in [0.5, 0.6) is 0 Å². The Labute approximate surface area is 156 Å². The molecular weight excluding hydrogens is 330 g/mol. The van der Waals surface area contributed by atoms with Gasteiger partial charge in [-0.25, -0.2) is 0 Å². The maximum Gasteiger partial charge on any atom is 0.242 e. The third-order valence-electron chi connectivity index (χ3n) is 6.39. The lowest BCUT2D eigenvalue weighted by Gasteiger charge is -2.25. The Morgan fingerprint density at radius 1 is 1.00 bits per heavy atom. The molecule has 0 aromatic heterocycles. The average Bonchev–Trinajstić information content (AvgIpc) is 3.32. The molecule has 0 N–H and O–H groups in total. The van der Waals surface area contributed by atoms with Gasteiger partial charge in [-0.1, -0.05) is 26.0 Å². The normalized spacial score (nSPS) is 29.2. The molecule has 1 heterocycles. The Bertz CT molecular complexity index is 569. The number of allylic oxidation sites excluding steroid dienone is 2. The molecule has 6 heteroatoms. The largest absolute Gasteiger partial charge is 0.341 e. The van der Waals surface area contributed by atoms with E-state index in [2.05, 4.69) is 30.9 Å². The minimum atomic E-state index is -0.219. The molecule has 1 aliphatic heterocycles. The second-order valence-electron chi connectivity index (χ2n) is 7.62. The van der Waals surface area contributed by atoms with Crippen LogP contribution >= 0.6 is 0 Å². The van der Waals surface area contributed by atoms with Crippen molar-refractivity contribution in [2.45, 2.75) is 33.6 Å². The van der Waals surface area contributed by atoms with Crippen LogP contribution in [0.15, 0.2) is 12.2 Å². The molecule has 4 atom stereocenters. The summed E-state index contributed by atoms with van der Waals surface area (Å²) < 4.78 is 0. The summed E-state index contributed by atoms with van der Waals surface area (Å²) in [7, 11) is 0. The summed E-state index contributed by atoms with van der Waals surface area (Å²) in [5, 5.41) is 0. The first-order chi connectivity index (χ1) is 12.5. The van der Waals surface area contributed by atoms with Gasteiger partial charge < -0.3 is 9.80 Å².